The molecule has 9 nitrogen and oxygen atoms in total. The second-order valence-electron chi connectivity index (χ2n) is 8.95. The predicted octanol–water partition coefficient (Wildman–Crippen LogP) is 4.74. The number of rotatable bonds is 5. The fourth-order valence-electron chi connectivity index (χ4n) is 4.81. The number of carbonyl (C=O) groups is 1. The number of amidine groups is 1. The van der Waals surface area contributed by atoms with E-state index >= 15 is 0 Å². The molecule has 6 rings (SSSR count). The Balaban J connectivity index is 1.26. The van der Waals surface area contributed by atoms with E-state index < -0.39 is 0 Å². The van der Waals surface area contributed by atoms with Gasteiger partial charge < -0.3 is 19.9 Å². The minimum atomic E-state index is 0.144. The van der Waals surface area contributed by atoms with Crippen LogP contribution in [0.15, 0.2) is 72.2 Å². The van der Waals surface area contributed by atoms with Crippen molar-refractivity contribution >= 4 is 34.3 Å². The monoisotopic (exact) mass is 481 g/mol. The quantitative estimate of drug-likeness (QED) is 0.427. The Morgan fingerprint density at radius 2 is 1.81 bits per heavy atom. The molecule has 1 fully saturated rings. The summed E-state index contributed by atoms with van der Waals surface area (Å²) in [6, 6.07) is 17.7. The van der Waals surface area contributed by atoms with Gasteiger partial charge in [0.25, 0.3) is 0 Å². The Kier molecular flexibility index (Phi) is 5.73. The molecule has 0 atom stereocenters. The summed E-state index contributed by atoms with van der Waals surface area (Å²) in [5.41, 5.74) is 2.60. The number of ether oxygens (including phenoxy) is 1. The molecule has 1 amide bonds. The fraction of sp³-hybridized carbons (Fsp3) is 0.259. The van der Waals surface area contributed by atoms with E-state index in [9.17, 15) is 4.79 Å². The van der Waals surface area contributed by atoms with Crippen molar-refractivity contribution in [2.75, 3.05) is 23.4 Å². The SMILES string of the molecule is CCC(=O)N1CCC(N2N=C(Nc3ccc(Oc4ccccc4)cc3)c3c[nH]c4ncnc2c34)CC1. The normalized spacial score (nSPS) is 15.6. The summed E-state index contributed by atoms with van der Waals surface area (Å²) in [4.78, 5) is 26.4. The van der Waals surface area contributed by atoms with Gasteiger partial charge in [-0.25, -0.2) is 15.0 Å². The number of aromatic nitrogens is 3. The van der Waals surface area contributed by atoms with Crippen LogP contribution in [0.4, 0.5) is 11.5 Å². The van der Waals surface area contributed by atoms with Crippen LogP contribution in [0.3, 0.4) is 0 Å². The number of likely N-dealkylation sites (tertiary alicyclic amines) is 1. The number of piperidine rings is 1. The van der Waals surface area contributed by atoms with Crippen molar-refractivity contribution in [3.63, 3.8) is 0 Å². The third-order valence-electron chi connectivity index (χ3n) is 6.69. The number of para-hydroxylation sites is 1. The highest BCUT2D eigenvalue weighted by Gasteiger charge is 2.33. The molecule has 2 aromatic heterocycles. The summed E-state index contributed by atoms with van der Waals surface area (Å²) in [6.45, 7) is 3.36. The number of aromatic amines is 1. The van der Waals surface area contributed by atoms with Gasteiger partial charge in [0.05, 0.1) is 11.4 Å². The van der Waals surface area contributed by atoms with Gasteiger partial charge in [0.2, 0.25) is 5.91 Å². The third-order valence-corrected chi connectivity index (χ3v) is 6.69. The lowest BCUT2D eigenvalue weighted by atomic mass is 10.0. The second kappa shape index (κ2) is 9.33. The molecule has 0 aliphatic carbocycles. The van der Waals surface area contributed by atoms with Crippen LogP contribution in [0.1, 0.15) is 31.7 Å². The average Bonchev–Trinajstić information content (AvgIpc) is 3.37. The first-order valence-electron chi connectivity index (χ1n) is 12.3. The highest BCUT2D eigenvalue weighted by atomic mass is 16.5. The molecule has 2 aromatic carbocycles. The van der Waals surface area contributed by atoms with E-state index in [-0.39, 0.29) is 11.9 Å². The summed E-state index contributed by atoms with van der Waals surface area (Å²) in [7, 11) is 0. The number of anilines is 2. The molecule has 2 aliphatic heterocycles. The lowest BCUT2D eigenvalue weighted by Gasteiger charge is -2.38. The first kappa shape index (κ1) is 22.1. The number of H-pyrrole nitrogens is 1. The van der Waals surface area contributed by atoms with E-state index in [0.29, 0.717) is 6.42 Å². The van der Waals surface area contributed by atoms with E-state index in [0.717, 1.165) is 71.4 Å². The minimum absolute atomic E-state index is 0.144. The summed E-state index contributed by atoms with van der Waals surface area (Å²) in [6.07, 6.45) is 5.69. The largest absolute Gasteiger partial charge is 0.457 e. The third kappa shape index (κ3) is 4.13. The molecule has 36 heavy (non-hydrogen) atoms. The molecule has 2 aliphatic rings. The molecule has 0 saturated carbocycles. The molecule has 4 aromatic rings. The standard InChI is InChI=1S/C27H27N7O2/c1-2-23(35)33-14-12-19(13-15-33)34-27-24-22(16-28-26(24)29-17-30-27)25(32-34)31-18-8-10-21(11-9-18)36-20-6-4-3-5-7-20/h3-11,16-17,19H,2,12-15H2,1H3,(H,31,32)(H,28,29,30). The number of benzene rings is 2. The summed E-state index contributed by atoms with van der Waals surface area (Å²) >= 11 is 0. The van der Waals surface area contributed by atoms with Gasteiger partial charge in [-0.05, 0) is 49.2 Å². The first-order valence-corrected chi connectivity index (χ1v) is 12.3. The molecule has 0 spiro atoms. The number of nitrogens with zero attached hydrogens (tertiary/aromatic N) is 5. The van der Waals surface area contributed by atoms with Crippen LogP contribution in [0.5, 0.6) is 11.5 Å². The molecule has 2 N–H and O–H groups in total. The number of hydrogen-bond donors (Lipinski definition) is 2. The van der Waals surface area contributed by atoms with E-state index in [1.807, 2.05) is 77.6 Å². The van der Waals surface area contributed by atoms with Gasteiger partial charge in [0.1, 0.15) is 23.5 Å². The molecule has 1 saturated heterocycles. The maximum absolute atomic E-state index is 12.2. The van der Waals surface area contributed by atoms with Crippen molar-refractivity contribution in [3.8, 4) is 11.5 Å². The van der Waals surface area contributed by atoms with E-state index in [2.05, 4.69) is 20.3 Å². The van der Waals surface area contributed by atoms with Crippen LogP contribution in [0.25, 0.3) is 11.0 Å². The molecule has 9 heteroatoms. The van der Waals surface area contributed by atoms with Crippen molar-refractivity contribution in [1.82, 2.24) is 19.9 Å². The predicted molar refractivity (Wildman–Crippen MR) is 139 cm³/mol. The van der Waals surface area contributed by atoms with Gasteiger partial charge in [-0.3, -0.25) is 4.79 Å². The van der Waals surface area contributed by atoms with E-state index in [4.69, 9.17) is 9.84 Å². The van der Waals surface area contributed by atoms with Crippen molar-refractivity contribution in [1.29, 1.82) is 0 Å². The summed E-state index contributed by atoms with van der Waals surface area (Å²) < 4.78 is 5.92. The molecule has 0 bridgehead atoms. The fourth-order valence-corrected chi connectivity index (χ4v) is 4.81. The molecular weight excluding hydrogens is 454 g/mol. The lowest BCUT2D eigenvalue weighted by molar-refractivity contribution is -0.131. The molecule has 0 unspecified atom stereocenters. The Morgan fingerprint density at radius 1 is 1.06 bits per heavy atom. The van der Waals surface area contributed by atoms with Crippen molar-refractivity contribution in [2.45, 2.75) is 32.2 Å². The highest BCUT2D eigenvalue weighted by Crippen LogP contribution is 2.35. The maximum atomic E-state index is 12.2. The van der Waals surface area contributed by atoms with Gasteiger partial charge in [-0.2, -0.15) is 5.10 Å². The summed E-state index contributed by atoms with van der Waals surface area (Å²) in [5.74, 6) is 3.29. The highest BCUT2D eigenvalue weighted by molar-refractivity contribution is 6.19. The Morgan fingerprint density at radius 3 is 2.56 bits per heavy atom. The van der Waals surface area contributed by atoms with Gasteiger partial charge in [0, 0.05) is 37.0 Å². The van der Waals surface area contributed by atoms with Crippen LogP contribution in [-0.2, 0) is 4.79 Å². The van der Waals surface area contributed by atoms with Crippen LogP contribution in [0.2, 0.25) is 0 Å². The average molecular weight is 482 g/mol. The molecule has 182 valence electrons. The zero-order valence-corrected chi connectivity index (χ0v) is 20.0. The minimum Gasteiger partial charge on any atom is -0.457 e. The van der Waals surface area contributed by atoms with Gasteiger partial charge in [-0.15, -0.1) is 0 Å². The van der Waals surface area contributed by atoms with Crippen LogP contribution in [-0.4, -0.2) is 50.7 Å². The van der Waals surface area contributed by atoms with Gasteiger partial charge in [0.15, 0.2) is 11.7 Å². The van der Waals surface area contributed by atoms with Crippen molar-refractivity contribution < 1.29 is 9.53 Å². The van der Waals surface area contributed by atoms with Gasteiger partial charge in [-0.1, -0.05) is 25.1 Å². The number of nitrogens with one attached hydrogen (secondary N) is 2. The van der Waals surface area contributed by atoms with E-state index in [1.54, 1.807) is 6.33 Å². The zero-order chi connectivity index (χ0) is 24.5. The van der Waals surface area contributed by atoms with E-state index in [1.165, 1.54) is 0 Å². The molecule has 4 heterocycles. The Hall–Kier alpha value is -4.40. The topological polar surface area (TPSA) is 98.7 Å². The van der Waals surface area contributed by atoms with Gasteiger partial charge >= 0.3 is 0 Å². The van der Waals surface area contributed by atoms with Crippen molar-refractivity contribution in [2.24, 2.45) is 5.10 Å². The number of hydrazone groups is 1. The zero-order valence-electron chi connectivity index (χ0n) is 20.0. The smallest absolute Gasteiger partial charge is 0.222 e. The lowest BCUT2D eigenvalue weighted by Crippen LogP contribution is -2.46. The number of hydrogen-bond acceptors (Lipinski definition) is 7. The molecular formula is C27H27N7O2. The van der Waals surface area contributed by atoms with Crippen LogP contribution >= 0.6 is 0 Å². The summed E-state index contributed by atoms with van der Waals surface area (Å²) in [5, 5.41) is 11.4. The number of carbonyl (C=O) groups excluding carboxylic acids is 1. The molecule has 0 radical (unpaired) electrons. The first-order chi connectivity index (χ1) is 17.7. The maximum Gasteiger partial charge on any atom is 0.222 e. The Labute approximate surface area is 208 Å². The number of amides is 1. The van der Waals surface area contributed by atoms with Crippen LogP contribution < -0.4 is 15.1 Å². The Bertz CT molecular complexity index is 1410. The second-order valence-corrected chi connectivity index (χ2v) is 8.95. The van der Waals surface area contributed by atoms with Crippen molar-refractivity contribution in [3.05, 3.63) is 72.7 Å². The van der Waals surface area contributed by atoms with Crippen LogP contribution in [0, 0.1) is 0 Å².